The minimum absolute atomic E-state index is 0.0349. The number of halogens is 1. The van der Waals surface area contributed by atoms with Gasteiger partial charge in [0.25, 0.3) is 5.69 Å². The summed E-state index contributed by atoms with van der Waals surface area (Å²) in [6.45, 7) is 3.10. The lowest BCUT2D eigenvalue weighted by Crippen LogP contribution is -2.36. The highest BCUT2D eigenvalue weighted by molar-refractivity contribution is 5.99. The Balaban J connectivity index is 1.90. The second-order valence-corrected chi connectivity index (χ2v) is 6.11. The van der Waals surface area contributed by atoms with Gasteiger partial charge >= 0.3 is 0 Å². The average Bonchev–Trinajstić information content (AvgIpc) is 2.96. The third-order valence-electron chi connectivity index (χ3n) is 4.29. The van der Waals surface area contributed by atoms with E-state index in [0.717, 1.165) is 12.8 Å². The highest BCUT2D eigenvalue weighted by Gasteiger charge is 2.49. The van der Waals surface area contributed by atoms with E-state index in [4.69, 9.17) is 4.74 Å². The molecule has 1 aliphatic heterocycles. The first-order chi connectivity index (χ1) is 9.88. The zero-order valence-corrected chi connectivity index (χ0v) is 12.0. The number of nitro groups is 1. The van der Waals surface area contributed by atoms with Crippen LogP contribution in [0.25, 0.3) is 0 Å². The van der Waals surface area contributed by atoms with Gasteiger partial charge in [-0.2, -0.15) is 0 Å². The minimum atomic E-state index is -1.34. The second-order valence-electron chi connectivity index (χ2n) is 6.11. The van der Waals surface area contributed by atoms with Gasteiger partial charge in [-0.15, -0.1) is 0 Å². The van der Waals surface area contributed by atoms with E-state index in [2.05, 4.69) is 4.99 Å². The molecular formula is C15H17FN2O3. The van der Waals surface area contributed by atoms with Gasteiger partial charge in [0.1, 0.15) is 17.3 Å². The van der Waals surface area contributed by atoms with Crippen molar-refractivity contribution in [2.24, 2.45) is 10.9 Å². The van der Waals surface area contributed by atoms with E-state index in [0.29, 0.717) is 5.56 Å². The van der Waals surface area contributed by atoms with Crippen LogP contribution in [0.2, 0.25) is 0 Å². The summed E-state index contributed by atoms with van der Waals surface area (Å²) < 4.78 is 20.0. The normalized spacial score (nSPS) is 28.0. The number of nitrogens with zero attached hydrogens (tertiary/aromatic N) is 2. The topological polar surface area (TPSA) is 64.7 Å². The summed E-state index contributed by atoms with van der Waals surface area (Å²) in [5.74, 6) is 0.0396. The van der Waals surface area contributed by atoms with E-state index < -0.39 is 10.6 Å². The molecule has 3 atom stereocenters. The first-order valence-corrected chi connectivity index (χ1v) is 7.05. The molecule has 21 heavy (non-hydrogen) atoms. The van der Waals surface area contributed by atoms with Crippen LogP contribution in [-0.4, -0.2) is 28.6 Å². The molecule has 1 aromatic carbocycles. The van der Waals surface area contributed by atoms with Crippen LogP contribution in [0.3, 0.4) is 0 Å². The van der Waals surface area contributed by atoms with E-state index >= 15 is 0 Å². The van der Waals surface area contributed by atoms with E-state index in [-0.39, 0.29) is 29.6 Å². The molecule has 0 bridgehead atoms. The Labute approximate surface area is 122 Å². The standard InChI is InChI=1S/C15H17FN2O3/c1-15(2,16)10-7-8-11-13(10)21-14(17-11)9-5-3-4-6-12(9)18(19)20/h3-6,10-11,13H,7-8H2,1-2H3. The van der Waals surface area contributed by atoms with Gasteiger partial charge in [0.05, 0.1) is 11.0 Å². The summed E-state index contributed by atoms with van der Waals surface area (Å²) in [4.78, 5) is 15.1. The molecule has 2 aliphatic rings. The van der Waals surface area contributed by atoms with Gasteiger partial charge < -0.3 is 4.74 Å². The van der Waals surface area contributed by atoms with Crippen molar-refractivity contribution in [3.05, 3.63) is 39.9 Å². The van der Waals surface area contributed by atoms with Crippen LogP contribution in [0.1, 0.15) is 32.3 Å². The molecule has 1 heterocycles. The Morgan fingerprint density at radius 3 is 2.76 bits per heavy atom. The molecule has 0 aromatic heterocycles. The molecule has 1 aromatic rings. The average molecular weight is 292 g/mol. The van der Waals surface area contributed by atoms with Gasteiger partial charge in [-0.05, 0) is 32.8 Å². The van der Waals surface area contributed by atoms with E-state index in [9.17, 15) is 14.5 Å². The number of ether oxygens (including phenoxy) is 1. The molecule has 5 nitrogen and oxygen atoms in total. The summed E-state index contributed by atoms with van der Waals surface area (Å²) in [6, 6.07) is 6.25. The molecule has 1 saturated carbocycles. The molecule has 112 valence electrons. The van der Waals surface area contributed by atoms with Crippen molar-refractivity contribution < 1.29 is 14.1 Å². The number of alkyl halides is 1. The van der Waals surface area contributed by atoms with Gasteiger partial charge in [-0.3, -0.25) is 10.1 Å². The summed E-state index contributed by atoms with van der Waals surface area (Å²) in [5, 5.41) is 11.1. The quantitative estimate of drug-likeness (QED) is 0.634. The zero-order valence-electron chi connectivity index (χ0n) is 12.0. The van der Waals surface area contributed by atoms with Crippen LogP contribution in [-0.2, 0) is 4.74 Å². The number of rotatable bonds is 3. The van der Waals surface area contributed by atoms with Crippen molar-refractivity contribution in [2.75, 3.05) is 0 Å². The molecule has 3 rings (SSSR count). The maximum atomic E-state index is 14.2. The van der Waals surface area contributed by atoms with Crippen molar-refractivity contribution in [3.8, 4) is 0 Å². The number of aliphatic imine (C=N–C) groups is 1. The number of benzene rings is 1. The smallest absolute Gasteiger partial charge is 0.282 e. The number of hydrogen-bond acceptors (Lipinski definition) is 4. The Hall–Kier alpha value is -1.98. The highest BCUT2D eigenvalue weighted by Crippen LogP contribution is 2.43. The summed E-state index contributed by atoms with van der Waals surface area (Å²) in [7, 11) is 0. The van der Waals surface area contributed by atoms with Gasteiger partial charge in [-0.1, -0.05) is 12.1 Å². The Morgan fingerprint density at radius 2 is 2.10 bits per heavy atom. The van der Waals surface area contributed by atoms with Crippen LogP contribution in [0.15, 0.2) is 29.3 Å². The molecule has 0 spiro atoms. The predicted octanol–water partition coefficient (Wildman–Crippen LogP) is 3.27. The van der Waals surface area contributed by atoms with Gasteiger partial charge in [0.15, 0.2) is 0 Å². The third kappa shape index (κ3) is 2.39. The fourth-order valence-corrected chi connectivity index (χ4v) is 3.24. The number of para-hydroxylation sites is 1. The van der Waals surface area contributed by atoms with Crippen LogP contribution < -0.4 is 0 Å². The SMILES string of the molecule is CC(C)(F)C1CCC2N=C(c3ccccc3[N+](=O)[O-])OC21. The van der Waals surface area contributed by atoms with Crippen LogP contribution in [0.4, 0.5) is 10.1 Å². The van der Waals surface area contributed by atoms with Crippen molar-refractivity contribution in [1.82, 2.24) is 0 Å². The van der Waals surface area contributed by atoms with Crippen molar-refractivity contribution >= 4 is 11.6 Å². The third-order valence-corrected chi connectivity index (χ3v) is 4.29. The predicted molar refractivity (Wildman–Crippen MR) is 76.2 cm³/mol. The Bertz CT molecular complexity index is 609. The Kier molecular flexibility index (Phi) is 3.19. The molecule has 0 N–H and O–H groups in total. The molecule has 1 fully saturated rings. The number of hydrogen-bond donors (Lipinski definition) is 0. The minimum Gasteiger partial charge on any atom is -0.471 e. The highest BCUT2D eigenvalue weighted by atomic mass is 19.1. The Morgan fingerprint density at radius 1 is 1.38 bits per heavy atom. The second kappa shape index (κ2) is 4.79. The van der Waals surface area contributed by atoms with Crippen LogP contribution >= 0.6 is 0 Å². The molecule has 3 unspecified atom stereocenters. The molecular weight excluding hydrogens is 275 g/mol. The van der Waals surface area contributed by atoms with Gasteiger partial charge in [0, 0.05) is 12.0 Å². The zero-order chi connectivity index (χ0) is 15.2. The summed E-state index contributed by atoms with van der Waals surface area (Å²) in [6.07, 6.45) is 1.17. The van der Waals surface area contributed by atoms with Crippen molar-refractivity contribution in [2.45, 2.75) is 44.5 Å². The van der Waals surface area contributed by atoms with Crippen molar-refractivity contribution in [3.63, 3.8) is 0 Å². The van der Waals surface area contributed by atoms with E-state index in [1.165, 1.54) is 6.07 Å². The molecule has 1 aliphatic carbocycles. The van der Waals surface area contributed by atoms with Gasteiger partial charge in [0.2, 0.25) is 5.90 Å². The first kappa shape index (κ1) is 14.0. The lowest BCUT2D eigenvalue weighted by atomic mass is 9.89. The van der Waals surface area contributed by atoms with Gasteiger partial charge in [-0.25, -0.2) is 9.38 Å². The first-order valence-electron chi connectivity index (χ1n) is 7.05. The number of nitro benzene ring substituents is 1. The lowest BCUT2D eigenvalue weighted by Gasteiger charge is -2.27. The van der Waals surface area contributed by atoms with Crippen LogP contribution in [0.5, 0.6) is 0 Å². The van der Waals surface area contributed by atoms with E-state index in [1.807, 2.05) is 0 Å². The van der Waals surface area contributed by atoms with Crippen LogP contribution in [0, 0.1) is 16.0 Å². The van der Waals surface area contributed by atoms with Crippen molar-refractivity contribution in [1.29, 1.82) is 0 Å². The largest absolute Gasteiger partial charge is 0.471 e. The monoisotopic (exact) mass is 292 g/mol. The molecule has 0 amide bonds. The summed E-state index contributed by atoms with van der Waals surface area (Å²) in [5.41, 5.74) is -1.01. The summed E-state index contributed by atoms with van der Waals surface area (Å²) >= 11 is 0. The molecule has 6 heteroatoms. The van der Waals surface area contributed by atoms with E-state index in [1.54, 1.807) is 32.0 Å². The maximum Gasteiger partial charge on any atom is 0.282 e. The molecule has 0 saturated heterocycles. The fourth-order valence-electron chi connectivity index (χ4n) is 3.24. The molecule has 0 radical (unpaired) electrons. The number of fused-ring (bicyclic) bond motifs is 1. The fraction of sp³-hybridized carbons (Fsp3) is 0.533. The lowest BCUT2D eigenvalue weighted by molar-refractivity contribution is -0.385. The maximum absolute atomic E-state index is 14.2.